The maximum Gasteiger partial charge on any atom is 0.262 e. The second-order valence-corrected chi connectivity index (χ2v) is 6.16. The number of carbonyl (C=O) groups is 1. The summed E-state index contributed by atoms with van der Waals surface area (Å²) >= 11 is 0. The molecule has 0 fully saturated rings. The summed E-state index contributed by atoms with van der Waals surface area (Å²) in [5.41, 5.74) is 1.75. The van der Waals surface area contributed by atoms with Crippen LogP contribution in [0, 0.1) is 5.82 Å². The molecule has 6 nitrogen and oxygen atoms in total. The summed E-state index contributed by atoms with van der Waals surface area (Å²) in [4.78, 5) is 11.4. The Labute approximate surface area is 162 Å². The minimum atomic E-state index is -0.842. The number of ether oxygens (including phenoxy) is 1. The van der Waals surface area contributed by atoms with Gasteiger partial charge in [-0.2, -0.15) is 0 Å². The molecule has 0 radical (unpaired) electrons. The third-order valence-electron chi connectivity index (χ3n) is 4.21. The summed E-state index contributed by atoms with van der Waals surface area (Å²) in [6.07, 6.45) is 0.816. The lowest BCUT2D eigenvalue weighted by atomic mass is 10.0. The Balaban J connectivity index is 0.00000261. The van der Waals surface area contributed by atoms with Crippen LogP contribution in [-0.2, 0) is 11.2 Å². The molecule has 1 unspecified atom stereocenters. The fourth-order valence-corrected chi connectivity index (χ4v) is 2.86. The molecule has 0 saturated carbocycles. The highest BCUT2D eigenvalue weighted by Crippen LogP contribution is 2.41. The van der Waals surface area contributed by atoms with Crippen molar-refractivity contribution in [2.45, 2.75) is 18.9 Å². The molecular formula is C19H22ClFN2O4. The number of aliphatic hydroxyl groups excluding tert-OH is 1. The topological polar surface area (TPSA) is 90.8 Å². The minimum absolute atomic E-state index is 0. The molecule has 2 aromatic rings. The summed E-state index contributed by atoms with van der Waals surface area (Å²) in [7, 11) is 0. The predicted molar refractivity (Wildman–Crippen MR) is 102 cm³/mol. The minimum Gasteiger partial charge on any atom is -0.506 e. The van der Waals surface area contributed by atoms with Crippen LogP contribution < -0.4 is 15.4 Å². The van der Waals surface area contributed by atoms with Crippen molar-refractivity contribution in [1.29, 1.82) is 0 Å². The van der Waals surface area contributed by atoms with Crippen LogP contribution in [0.1, 0.15) is 23.7 Å². The Hall–Kier alpha value is -2.35. The van der Waals surface area contributed by atoms with Gasteiger partial charge in [-0.1, -0.05) is 12.1 Å². The maximum absolute atomic E-state index is 12.9. The number of amides is 1. The predicted octanol–water partition coefficient (Wildman–Crippen LogP) is 2.54. The van der Waals surface area contributed by atoms with E-state index in [1.807, 2.05) is 0 Å². The van der Waals surface area contributed by atoms with E-state index in [1.165, 1.54) is 18.2 Å². The van der Waals surface area contributed by atoms with E-state index in [4.69, 9.17) is 4.74 Å². The second-order valence-electron chi connectivity index (χ2n) is 6.16. The molecule has 0 aromatic heterocycles. The largest absolute Gasteiger partial charge is 0.506 e. The summed E-state index contributed by atoms with van der Waals surface area (Å²) in [6, 6.07) is 9.41. The van der Waals surface area contributed by atoms with Gasteiger partial charge in [0.1, 0.15) is 17.3 Å². The normalized spacial score (nSPS) is 13.8. The number of phenols is 1. The molecule has 3 rings (SSSR count). The third-order valence-corrected chi connectivity index (χ3v) is 4.21. The average molecular weight is 397 g/mol. The summed E-state index contributed by atoms with van der Waals surface area (Å²) in [5.74, 6) is -0.398. The van der Waals surface area contributed by atoms with E-state index < -0.39 is 6.10 Å². The molecule has 1 atom stereocenters. The fraction of sp³-hybridized carbons (Fsp3) is 0.316. The van der Waals surface area contributed by atoms with Gasteiger partial charge in [0.2, 0.25) is 0 Å². The smallest absolute Gasteiger partial charge is 0.262 e. The number of rotatable bonds is 7. The van der Waals surface area contributed by atoms with Gasteiger partial charge in [-0.15, -0.1) is 12.4 Å². The molecule has 1 aliphatic rings. The number of hydrogen-bond acceptors (Lipinski definition) is 5. The number of halogens is 2. The zero-order valence-corrected chi connectivity index (χ0v) is 15.4. The molecule has 27 heavy (non-hydrogen) atoms. The van der Waals surface area contributed by atoms with Gasteiger partial charge >= 0.3 is 0 Å². The number of carbonyl (C=O) groups excluding carboxylic acids is 1. The van der Waals surface area contributed by atoms with Gasteiger partial charge in [0.05, 0.1) is 6.10 Å². The molecule has 4 N–H and O–H groups in total. The first kappa shape index (κ1) is 21.0. The van der Waals surface area contributed by atoms with Crippen LogP contribution in [0.2, 0.25) is 0 Å². The summed E-state index contributed by atoms with van der Waals surface area (Å²) in [6.45, 7) is 0.839. The number of fused-ring (bicyclic) bond motifs is 1. The molecule has 8 heteroatoms. The molecule has 146 valence electrons. The van der Waals surface area contributed by atoms with Crippen LogP contribution >= 0.6 is 12.4 Å². The standard InChI is InChI=1S/C19H21FN2O4.ClH/c20-13-5-3-12(4-6-13)2-1-9-21-10-16(24)14-7-8-15(23)18-19(14)26-11-17(25)22-18;/h3-8,16,21,23-24H,1-2,9-11H2,(H,22,25);1H. The van der Waals surface area contributed by atoms with Crippen LogP contribution in [0.4, 0.5) is 10.1 Å². The molecule has 1 amide bonds. The first-order valence-electron chi connectivity index (χ1n) is 8.46. The lowest BCUT2D eigenvalue weighted by Gasteiger charge is -2.23. The number of hydrogen-bond donors (Lipinski definition) is 4. The quantitative estimate of drug-likeness (QED) is 0.426. The summed E-state index contributed by atoms with van der Waals surface area (Å²) < 4.78 is 18.2. The number of aliphatic hydroxyl groups is 1. The van der Waals surface area contributed by atoms with Crippen LogP contribution in [0.5, 0.6) is 11.5 Å². The van der Waals surface area contributed by atoms with Crippen LogP contribution in [0.15, 0.2) is 36.4 Å². The number of aromatic hydroxyl groups is 1. The highest BCUT2D eigenvalue weighted by atomic mass is 35.5. The molecule has 0 spiro atoms. The molecule has 1 aliphatic heterocycles. The van der Waals surface area contributed by atoms with Crippen LogP contribution in [0.25, 0.3) is 0 Å². The molecular weight excluding hydrogens is 375 g/mol. The van der Waals surface area contributed by atoms with Crippen molar-refractivity contribution < 1.29 is 24.1 Å². The molecule has 0 aliphatic carbocycles. The molecule has 2 aromatic carbocycles. The average Bonchev–Trinajstić information content (AvgIpc) is 2.63. The Morgan fingerprint density at radius 3 is 2.70 bits per heavy atom. The number of benzene rings is 2. The van der Waals surface area contributed by atoms with Crippen molar-refractivity contribution in [3.63, 3.8) is 0 Å². The summed E-state index contributed by atoms with van der Waals surface area (Å²) in [5, 5.41) is 26.0. The zero-order chi connectivity index (χ0) is 18.5. The zero-order valence-electron chi connectivity index (χ0n) is 14.6. The van der Waals surface area contributed by atoms with Gasteiger partial charge in [0.15, 0.2) is 12.4 Å². The lowest BCUT2D eigenvalue weighted by Crippen LogP contribution is -2.28. The Bertz CT molecular complexity index is 786. The van der Waals surface area contributed by atoms with Crippen LogP contribution in [0.3, 0.4) is 0 Å². The third kappa shape index (κ3) is 5.32. The molecule has 0 saturated heterocycles. The van der Waals surface area contributed by atoms with Gasteiger partial charge in [0, 0.05) is 12.1 Å². The Morgan fingerprint density at radius 2 is 1.96 bits per heavy atom. The van der Waals surface area contributed by atoms with Crippen molar-refractivity contribution >= 4 is 24.0 Å². The maximum atomic E-state index is 12.9. The monoisotopic (exact) mass is 396 g/mol. The highest BCUT2D eigenvalue weighted by molar-refractivity contribution is 5.97. The van der Waals surface area contributed by atoms with E-state index in [2.05, 4.69) is 10.6 Å². The number of phenolic OH excluding ortho intramolecular Hbond substituents is 1. The van der Waals surface area contributed by atoms with Gasteiger partial charge in [0.25, 0.3) is 5.91 Å². The number of aryl methyl sites for hydroxylation is 1. The molecule has 1 heterocycles. The van der Waals surface area contributed by atoms with Crippen molar-refractivity contribution in [3.05, 3.63) is 53.3 Å². The molecule has 0 bridgehead atoms. The fourth-order valence-electron chi connectivity index (χ4n) is 2.86. The number of nitrogens with one attached hydrogen (secondary N) is 2. The van der Waals surface area contributed by atoms with Gasteiger partial charge in [-0.3, -0.25) is 4.79 Å². The van der Waals surface area contributed by atoms with Gasteiger partial charge in [-0.05, 0) is 49.2 Å². The van der Waals surface area contributed by atoms with E-state index >= 15 is 0 Å². The van der Waals surface area contributed by atoms with E-state index in [1.54, 1.807) is 18.2 Å². The lowest BCUT2D eigenvalue weighted by molar-refractivity contribution is -0.118. The number of anilines is 1. The Kier molecular flexibility index (Phi) is 7.41. The second kappa shape index (κ2) is 9.55. The first-order chi connectivity index (χ1) is 12.5. The SMILES string of the molecule is Cl.O=C1COc2c(C(O)CNCCCc3ccc(F)cc3)ccc(O)c2N1. The highest BCUT2D eigenvalue weighted by Gasteiger charge is 2.25. The Morgan fingerprint density at radius 1 is 1.22 bits per heavy atom. The van der Waals surface area contributed by atoms with Crippen molar-refractivity contribution in [3.8, 4) is 11.5 Å². The van der Waals surface area contributed by atoms with E-state index in [9.17, 15) is 19.4 Å². The van der Waals surface area contributed by atoms with Crippen molar-refractivity contribution in [1.82, 2.24) is 5.32 Å². The van der Waals surface area contributed by atoms with E-state index in [-0.39, 0.29) is 42.2 Å². The first-order valence-corrected chi connectivity index (χ1v) is 8.46. The van der Waals surface area contributed by atoms with Crippen molar-refractivity contribution in [2.75, 3.05) is 25.0 Å². The van der Waals surface area contributed by atoms with Gasteiger partial charge in [-0.25, -0.2) is 4.39 Å². The van der Waals surface area contributed by atoms with E-state index in [0.717, 1.165) is 18.4 Å². The van der Waals surface area contributed by atoms with E-state index in [0.29, 0.717) is 24.4 Å². The van der Waals surface area contributed by atoms with Gasteiger partial charge < -0.3 is 25.6 Å². The van der Waals surface area contributed by atoms with Crippen molar-refractivity contribution in [2.24, 2.45) is 0 Å². The van der Waals surface area contributed by atoms with Crippen LogP contribution in [-0.4, -0.2) is 35.8 Å².